The van der Waals surface area contributed by atoms with E-state index in [1.807, 2.05) is 0 Å². The maximum Gasteiger partial charge on any atom is 0.416 e. The van der Waals surface area contributed by atoms with Crippen LogP contribution in [0.25, 0.3) is 17.4 Å². The number of ketones is 1. The Kier molecular flexibility index (Phi) is 5.72. The predicted molar refractivity (Wildman–Crippen MR) is 102 cm³/mol. The van der Waals surface area contributed by atoms with E-state index in [4.69, 9.17) is 9.15 Å². The molecule has 1 aromatic heterocycles. The van der Waals surface area contributed by atoms with E-state index in [2.05, 4.69) is 0 Å². The average molecular weight is 417 g/mol. The zero-order chi connectivity index (χ0) is 21.9. The molecular formula is C21H14F3NO5. The van der Waals surface area contributed by atoms with Gasteiger partial charge in [0.05, 0.1) is 23.2 Å². The molecule has 0 saturated heterocycles. The van der Waals surface area contributed by atoms with Gasteiger partial charge in [0.15, 0.2) is 5.78 Å². The number of halogens is 3. The molecule has 0 saturated carbocycles. The SMILES string of the molecule is COc1ccc(C(=O)/C=C/c2ccc(-c3ccc(C(F)(F)F)cc3[N+](=O)[O-])o2)cc1. The van der Waals surface area contributed by atoms with Crippen LogP contribution < -0.4 is 4.74 Å². The van der Waals surface area contributed by atoms with Crippen molar-refractivity contribution < 1.29 is 32.0 Å². The highest BCUT2D eigenvalue weighted by Crippen LogP contribution is 2.37. The molecule has 6 nitrogen and oxygen atoms in total. The number of nitro groups is 1. The van der Waals surface area contributed by atoms with Crippen molar-refractivity contribution in [1.82, 2.24) is 0 Å². The molecule has 3 rings (SSSR count). The minimum Gasteiger partial charge on any atom is -0.497 e. The van der Waals surface area contributed by atoms with Crippen LogP contribution in [0, 0.1) is 10.1 Å². The van der Waals surface area contributed by atoms with Gasteiger partial charge in [-0.3, -0.25) is 14.9 Å². The van der Waals surface area contributed by atoms with Crippen molar-refractivity contribution >= 4 is 17.5 Å². The van der Waals surface area contributed by atoms with E-state index in [0.717, 1.165) is 12.1 Å². The summed E-state index contributed by atoms with van der Waals surface area (Å²) >= 11 is 0. The molecular weight excluding hydrogens is 403 g/mol. The van der Waals surface area contributed by atoms with Crippen molar-refractivity contribution in [1.29, 1.82) is 0 Å². The quantitative estimate of drug-likeness (QED) is 0.220. The van der Waals surface area contributed by atoms with Crippen LogP contribution >= 0.6 is 0 Å². The Morgan fingerprint density at radius 3 is 2.40 bits per heavy atom. The number of nitrogens with zero attached hydrogens (tertiary/aromatic N) is 1. The van der Waals surface area contributed by atoms with Crippen LogP contribution in [0.4, 0.5) is 18.9 Å². The molecule has 3 aromatic rings. The van der Waals surface area contributed by atoms with E-state index in [-0.39, 0.29) is 22.9 Å². The number of benzene rings is 2. The first-order chi connectivity index (χ1) is 14.2. The van der Waals surface area contributed by atoms with Crippen LogP contribution in [0.5, 0.6) is 5.75 Å². The molecule has 0 bridgehead atoms. The molecule has 0 unspecified atom stereocenters. The molecule has 0 atom stereocenters. The second kappa shape index (κ2) is 8.24. The second-order valence-electron chi connectivity index (χ2n) is 6.11. The van der Waals surface area contributed by atoms with Crippen molar-refractivity contribution in [3.8, 4) is 17.1 Å². The van der Waals surface area contributed by atoms with Gasteiger partial charge in [-0.05, 0) is 60.7 Å². The topological polar surface area (TPSA) is 82.6 Å². The van der Waals surface area contributed by atoms with Gasteiger partial charge in [0.2, 0.25) is 0 Å². The molecule has 0 amide bonds. The summed E-state index contributed by atoms with van der Waals surface area (Å²) < 4.78 is 49.0. The monoisotopic (exact) mass is 417 g/mol. The van der Waals surface area contributed by atoms with E-state index in [0.29, 0.717) is 17.4 Å². The number of furan rings is 1. The highest BCUT2D eigenvalue weighted by Gasteiger charge is 2.33. The number of ether oxygens (including phenoxy) is 1. The molecule has 0 fully saturated rings. The summed E-state index contributed by atoms with van der Waals surface area (Å²) in [5.74, 6) is 0.508. The molecule has 30 heavy (non-hydrogen) atoms. The molecule has 2 aromatic carbocycles. The van der Waals surface area contributed by atoms with Crippen LogP contribution in [0.2, 0.25) is 0 Å². The lowest BCUT2D eigenvalue weighted by atomic mass is 10.1. The summed E-state index contributed by atoms with van der Waals surface area (Å²) in [5, 5.41) is 11.2. The lowest BCUT2D eigenvalue weighted by molar-refractivity contribution is -0.384. The number of hydrogen-bond acceptors (Lipinski definition) is 5. The fourth-order valence-electron chi connectivity index (χ4n) is 2.66. The molecule has 0 radical (unpaired) electrons. The number of nitro benzene ring substituents is 1. The number of hydrogen-bond donors (Lipinski definition) is 0. The Balaban J connectivity index is 1.84. The Morgan fingerprint density at radius 1 is 1.10 bits per heavy atom. The molecule has 0 aliphatic carbocycles. The Bertz CT molecular complexity index is 1110. The van der Waals surface area contributed by atoms with Crippen molar-refractivity contribution in [2.24, 2.45) is 0 Å². The first-order valence-electron chi connectivity index (χ1n) is 8.51. The van der Waals surface area contributed by atoms with Crippen LogP contribution in [0.15, 0.2) is 65.1 Å². The van der Waals surface area contributed by atoms with E-state index in [9.17, 15) is 28.1 Å². The van der Waals surface area contributed by atoms with Crippen molar-refractivity contribution in [3.05, 3.63) is 87.7 Å². The van der Waals surface area contributed by atoms with Crippen LogP contribution in [0.1, 0.15) is 21.7 Å². The molecule has 9 heteroatoms. The zero-order valence-corrected chi connectivity index (χ0v) is 15.5. The highest BCUT2D eigenvalue weighted by atomic mass is 19.4. The number of rotatable bonds is 6. The molecule has 0 aliphatic heterocycles. The largest absolute Gasteiger partial charge is 0.497 e. The van der Waals surface area contributed by atoms with Gasteiger partial charge < -0.3 is 9.15 Å². The minimum absolute atomic E-state index is 0.00645. The van der Waals surface area contributed by atoms with Crippen LogP contribution in [-0.2, 0) is 6.18 Å². The van der Waals surface area contributed by atoms with Gasteiger partial charge in [0.1, 0.15) is 17.3 Å². The van der Waals surface area contributed by atoms with Gasteiger partial charge >= 0.3 is 6.18 Å². The predicted octanol–water partition coefficient (Wildman–Crippen LogP) is 5.78. The van der Waals surface area contributed by atoms with Gasteiger partial charge in [-0.15, -0.1) is 0 Å². The van der Waals surface area contributed by atoms with E-state index < -0.39 is 22.4 Å². The first-order valence-corrected chi connectivity index (χ1v) is 8.51. The summed E-state index contributed by atoms with van der Waals surface area (Å²) in [5.41, 5.74) is -1.55. The van der Waals surface area contributed by atoms with E-state index in [1.54, 1.807) is 24.3 Å². The van der Waals surface area contributed by atoms with Crippen molar-refractivity contribution in [3.63, 3.8) is 0 Å². The summed E-state index contributed by atoms with van der Waals surface area (Å²) in [7, 11) is 1.51. The number of allylic oxidation sites excluding steroid dienone is 1. The minimum atomic E-state index is -4.71. The van der Waals surface area contributed by atoms with Gasteiger partial charge in [-0.25, -0.2) is 0 Å². The maximum atomic E-state index is 12.8. The summed E-state index contributed by atoms with van der Waals surface area (Å²) in [4.78, 5) is 22.5. The van der Waals surface area contributed by atoms with E-state index in [1.165, 1.54) is 31.4 Å². The summed E-state index contributed by atoms with van der Waals surface area (Å²) in [6.07, 6.45) is -2.08. The molecule has 1 heterocycles. The van der Waals surface area contributed by atoms with E-state index >= 15 is 0 Å². The maximum absolute atomic E-state index is 12.8. The smallest absolute Gasteiger partial charge is 0.416 e. The Morgan fingerprint density at radius 2 is 1.80 bits per heavy atom. The van der Waals surface area contributed by atoms with Gasteiger partial charge in [0.25, 0.3) is 5.69 Å². The van der Waals surface area contributed by atoms with Gasteiger partial charge in [0, 0.05) is 11.6 Å². The fourth-order valence-corrected chi connectivity index (χ4v) is 2.66. The lowest BCUT2D eigenvalue weighted by Crippen LogP contribution is -2.06. The molecule has 0 N–H and O–H groups in total. The third kappa shape index (κ3) is 4.57. The standard InChI is InChI=1S/C21H14F3NO5/c1-29-15-5-2-13(3-6-15)19(26)10-7-16-8-11-20(30-16)17-9-4-14(21(22,23)24)12-18(17)25(27)28/h2-12H,1H3/b10-7+. The summed E-state index contributed by atoms with van der Waals surface area (Å²) in [6.45, 7) is 0. The molecule has 0 spiro atoms. The van der Waals surface area contributed by atoms with Crippen LogP contribution in [0.3, 0.4) is 0 Å². The first kappa shape index (κ1) is 20.8. The lowest BCUT2D eigenvalue weighted by Gasteiger charge is -2.07. The number of carbonyl (C=O) groups is 1. The third-order valence-electron chi connectivity index (χ3n) is 4.19. The third-order valence-corrected chi connectivity index (χ3v) is 4.19. The van der Waals surface area contributed by atoms with Crippen LogP contribution in [-0.4, -0.2) is 17.8 Å². The number of carbonyl (C=O) groups excluding carboxylic acids is 1. The average Bonchev–Trinajstić information content (AvgIpc) is 3.19. The molecule has 154 valence electrons. The van der Waals surface area contributed by atoms with Crippen molar-refractivity contribution in [2.45, 2.75) is 6.18 Å². The normalized spacial score (nSPS) is 11.6. The zero-order valence-electron chi connectivity index (χ0n) is 15.5. The Hall–Kier alpha value is -3.88. The number of alkyl halides is 3. The summed E-state index contributed by atoms with van der Waals surface area (Å²) in [6, 6.07) is 11.5. The molecule has 0 aliphatic rings. The van der Waals surface area contributed by atoms with Crippen molar-refractivity contribution in [2.75, 3.05) is 7.11 Å². The highest BCUT2D eigenvalue weighted by molar-refractivity contribution is 6.06. The van der Waals surface area contributed by atoms with Gasteiger partial charge in [-0.1, -0.05) is 0 Å². The Labute approximate surface area is 168 Å². The number of methoxy groups -OCH3 is 1. The second-order valence-corrected chi connectivity index (χ2v) is 6.11. The van der Waals surface area contributed by atoms with Gasteiger partial charge in [-0.2, -0.15) is 13.2 Å². The fraction of sp³-hybridized carbons (Fsp3) is 0.0952.